The summed E-state index contributed by atoms with van der Waals surface area (Å²) < 4.78 is 0. The van der Waals surface area contributed by atoms with Gasteiger partial charge in [-0.2, -0.15) is 0 Å². The number of carbonyl (C=O) groups excluding carboxylic acids is 1. The van der Waals surface area contributed by atoms with Gasteiger partial charge in [0.1, 0.15) is 0 Å². The number of aryl methyl sites for hydroxylation is 1. The van der Waals surface area contributed by atoms with Crippen LogP contribution < -0.4 is 11.1 Å². The summed E-state index contributed by atoms with van der Waals surface area (Å²) in [4.78, 5) is 12.2. The SMILES string of the molecule is CCC1CCC(CNC(=O)c2cc(N)ccc2C)CC1.Cl. The highest BCUT2D eigenvalue weighted by atomic mass is 35.5. The smallest absolute Gasteiger partial charge is 0.251 e. The molecule has 0 aliphatic heterocycles. The summed E-state index contributed by atoms with van der Waals surface area (Å²) in [6, 6.07) is 5.49. The Kier molecular flexibility index (Phi) is 7.03. The monoisotopic (exact) mass is 310 g/mol. The van der Waals surface area contributed by atoms with Gasteiger partial charge < -0.3 is 11.1 Å². The van der Waals surface area contributed by atoms with Crippen molar-refractivity contribution in [1.29, 1.82) is 0 Å². The predicted molar refractivity (Wildman–Crippen MR) is 90.9 cm³/mol. The lowest BCUT2D eigenvalue weighted by molar-refractivity contribution is 0.0940. The van der Waals surface area contributed by atoms with E-state index in [1.807, 2.05) is 19.1 Å². The number of hydrogen-bond donors (Lipinski definition) is 2. The van der Waals surface area contributed by atoms with Gasteiger partial charge in [0.25, 0.3) is 5.91 Å². The molecule has 1 aliphatic rings. The fourth-order valence-corrected chi connectivity index (χ4v) is 3.06. The van der Waals surface area contributed by atoms with Crippen LogP contribution >= 0.6 is 12.4 Å². The second-order valence-corrected chi connectivity index (χ2v) is 6.08. The van der Waals surface area contributed by atoms with Crippen molar-refractivity contribution in [2.75, 3.05) is 12.3 Å². The number of nitrogens with one attached hydrogen (secondary N) is 1. The number of hydrogen-bond acceptors (Lipinski definition) is 2. The van der Waals surface area contributed by atoms with Gasteiger partial charge in [0.15, 0.2) is 0 Å². The van der Waals surface area contributed by atoms with Crippen LogP contribution in [-0.4, -0.2) is 12.5 Å². The number of anilines is 1. The number of nitrogens with two attached hydrogens (primary N) is 1. The van der Waals surface area contributed by atoms with Gasteiger partial charge in [-0.05, 0) is 49.3 Å². The van der Waals surface area contributed by atoms with E-state index in [0.29, 0.717) is 17.2 Å². The molecule has 2 rings (SSSR count). The van der Waals surface area contributed by atoms with Crippen molar-refractivity contribution in [2.24, 2.45) is 11.8 Å². The van der Waals surface area contributed by atoms with Crippen molar-refractivity contribution in [2.45, 2.75) is 46.0 Å². The molecule has 1 fully saturated rings. The number of benzene rings is 1. The zero-order valence-electron chi connectivity index (χ0n) is 13.0. The minimum absolute atomic E-state index is 0. The Morgan fingerprint density at radius 3 is 2.48 bits per heavy atom. The number of nitrogen functional groups attached to an aromatic ring is 1. The normalized spacial score (nSPS) is 21.4. The Balaban J connectivity index is 0.00000220. The fraction of sp³-hybridized carbons (Fsp3) is 0.588. The summed E-state index contributed by atoms with van der Waals surface area (Å²) in [6.07, 6.45) is 6.41. The molecule has 3 nitrogen and oxygen atoms in total. The molecule has 0 aromatic heterocycles. The maximum atomic E-state index is 12.2. The molecule has 0 bridgehead atoms. The lowest BCUT2D eigenvalue weighted by atomic mass is 9.81. The van der Waals surface area contributed by atoms with Crippen molar-refractivity contribution in [3.8, 4) is 0 Å². The highest BCUT2D eigenvalue weighted by molar-refractivity contribution is 5.96. The Labute approximate surface area is 134 Å². The van der Waals surface area contributed by atoms with Crippen LogP contribution in [0.5, 0.6) is 0 Å². The molecule has 21 heavy (non-hydrogen) atoms. The molecule has 0 atom stereocenters. The standard InChI is InChI=1S/C17H26N2O.ClH/c1-3-13-5-7-14(8-6-13)11-19-17(20)16-10-15(18)9-4-12(16)2;/h4,9-10,13-14H,3,5-8,11,18H2,1-2H3,(H,19,20);1H. The van der Waals surface area contributed by atoms with Crippen molar-refractivity contribution in [3.05, 3.63) is 29.3 Å². The molecule has 0 unspecified atom stereocenters. The largest absolute Gasteiger partial charge is 0.399 e. The van der Waals surface area contributed by atoms with E-state index in [2.05, 4.69) is 12.2 Å². The minimum Gasteiger partial charge on any atom is -0.399 e. The highest BCUT2D eigenvalue weighted by Gasteiger charge is 2.20. The Hall–Kier alpha value is -1.22. The average Bonchev–Trinajstić information content (AvgIpc) is 2.47. The summed E-state index contributed by atoms with van der Waals surface area (Å²) in [6.45, 7) is 5.01. The molecule has 0 heterocycles. The molecule has 1 aromatic carbocycles. The van der Waals surface area contributed by atoms with E-state index in [9.17, 15) is 4.79 Å². The maximum Gasteiger partial charge on any atom is 0.251 e. The van der Waals surface area contributed by atoms with Crippen LogP contribution in [0, 0.1) is 18.8 Å². The van der Waals surface area contributed by atoms with Gasteiger partial charge in [0, 0.05) is 17.8 Å². The van der Waals surface area contributed by atoms with Crippen LogP contribution in [0.2, 0.25) is 0 Å². The van der Waals surface area contributed by atoms with Gasteiger partial charge in [-0.25, -0.2) is 0 Å². The van der Waals surface area contributed by atoms with Crippen LogP contribution in [0.25, 0.3) is 0 Å². The van der Waals surface area contributed by atoms with E-state index in [4.69, 9.17) is 5.73 Å². The quantitative estimate of drug-likeness (QED) is 0.827. The van der Waals surface area contributed by atoms with Gasteiger partial charge in [-0.1, -0.05) is 32.3 Å². The van der Waals surface area contributed by atoms with Crippen molar-refractivity contribution >= 4 is 24.0 Å². The van der Waals surface area contributed by atoms with Gasteiger partial charge in [-0.3, -0.25) is 4.79 Å². The fourth-order valence-electron chi connectivity index (χ4n) is 3.06. The minimum atomic E-state index is 0. The van der Waals surface area contributed by atoms with Crippen molar-refractivity contribution in [3.63, 3.8) is 0 Å². The number of rotatable bonds is 4. The molecule has 118 valence electrons. The summed E-state index contributed by atoms with van der Waals surface area (Å²) in [5.41, 5.74) is 8.08. The number of carbonyl (C=O) groups is 1. The Morgan fingerprint density at radius 1 is 1.24 bits per heavy atom. The second-order valence-electron chi connectivity index (χ2n) is 6.08. The van der Waals surface area contributed by atoms with Gasteiger partial charge in [-0.15, -0.1) is 12.4 Å². The van der Waals surface area contributed by atoms with Crippen molar-refractivity contribution in [1.82, 2.24) is 5.32 Å². The van der Waals surface area contributed by atoms with E-state index in [0.717, 1.165) is 18.0 Å². The molecule has 1 aliphatic carbocycles. The van der Waals surface area contributed by atoms with Gasteiger partial charge >= 0.3 is 0 Å². The molecular weight excluding hydrogens is 284 g/mol. The molecule has 0 spiro atoms. The molecule has 1 aromatic rings. The third-order valence-corrected chi connectivity index (χ3v) is 4.60. The third kappa shape index (κ3) is 4.92. The first-order valence-corrected chi connectivity index (χ1v) is 7.74. The first-order chi connectivity index (χ1) is 9.60. The Bertz CT molecular complexity index is 468. The first-order valence-electron chi connectivity index (χ1n) is 7.74. The van der Waals surface area contributed by atoms with E-state index >= 15 is 0 Å². The first kappa shape index (κ1) is 17.8. The van der Waals surface area contributed by atoms with Crippen LogP contribution in [0.1, 0.15) is 54.9 Å². The Morgan fingerprint density at radius 2 is 1.86 bits per heavy atom. The maximum absolute atomic E-state index is 12.2. The third-order valence-electron chi connectivity index (χ3n) is 4.60. The molecular formula is C17H27ClN2O. The molecule has 4 heteroatoms. The lowest BCUT2D eigenvalue weighted by Crippen LogP contribution is -2.31. The number of halogens is 1. The van der Waals surface area contributed by atoms with Gasteiger partial charge in [0.2, 0.25) is 0 Å². The summed E-state index contributed by atoms with van der Waals surface area (Å²) >= 11 is 0. The topological polar surface area (TPSA) is 55.1 Å². The average molecular weight is 311 g/mol. The zero-order valence-corrected chi connectivity index (χ0v) is 13.8. The molecule has 0 radical (unpaired) electrons. The summed E-state index contributed by atoms with van der Waals surface area (Å²) in [5, 5.41) is 3.08. The number of amides is 1. The van der Waals surface area contributed by atoms with Crippen molar-refractivity contribution < 1.29 is 4.79 Å². The zero-order chi connectivity index (χ0) is 14.5. The lowest BCUT2D eigenvalue weighted by Gasteiger charge is -2.27. The van der Waals surface area contributed by atoms with E-state index < -0.39 is 0 Å². The van der Waals surface area contributed by atoms with E-state index in [1.165, 1.54) is 32.1 Å². The van der Waals surface area contributed by atoms with Gasteiger partial charge in [0.05, 0.1) is 0 Å². The second kappa shape index (κ2) is 8.28. The van der Waals surface area contributed by atoms with Crippen LogP contribution in [0.4, 0.5) is 5.69 Å². The molecule has 3 N–H and O–H groups in total. The van der Waals surface area contributed by atoms with E-state index in [1.54, 1.807) is 6.07 Å². The van der Waals surface area contributed by atoms with Crippen LogP contribution in [0.15, 0.2) is 18.2 Å². The summed E-state index contributed by atoms with van der Waals surface area (Å²) in [7, 11) is 0. The van der Waals surface area contributed by atoms with E-state index in [-0.39, 0.29) is 18.3 Å². The molecule has 1 saturated carbocycles. The molecule has 1 amide bonds. The molecule has 0 saturated heterocycles. The highest BCUT2D eigenvalue weighted by Crippen LogP contribution is 2.30. The van der Waals surface area contributed by atoms with Crippen LogP contribution in [-0.2, 0) is 0 Å². The predicted octanol–water partition coefficient (Wildman–Crippen LogP) is 3.95. The summed E-state index contributed by atoms with van der Waals surface area (Å²) in [5.74, 6) is 1.55. The van der Waals surface area contributed by atoms with Crippen LogP contribution in [0.3, 0.4) is 0 Å².